The minimum absolute atomic E-state index is 0.167. The highest BCUT2D eigenvalue weighted by Crippen LogP contribution is 2.37. The highest BCUT2D eigenvalue weighted by molar-refractivity contribution is 7.22. The van der Waals surface area contributed by atoms with Crippen molar-refractivity contribution in [1.82, 2.24) is 14.5 Å². The molecule has 2 aromatic heterocycles. The highest BCUT2D eigenvalue weighted by atomic mass is 32.1. The maximum Gasteiger partial charge on any atom is 0.150 e. The Hall–Kier alpha value is -1.73. The minimum Gasteiger partial charge on any atom is -0.396 e. The van der Waals surface area contributed by atoms with Crippen molar-refractivity contribution >= 4 is 21.4 Å². The van der Waals surface area contributed by atoms with Gasteiger partial charge in [0.25, 0.3) is 0 Å². The molecule has 0 aliphatic carbocycles. The lowest BCUT2D eigenvalue weighted by Crippen LogP contribution is -2.46. The first-order chi connectivity index (χ1) is 12.8. The van der Waals surface area contributed by atoms with Crippen molar-refractivity contribution in [3.05, 3.63) is 42.7 Å². The fourth-order valence-corrected chi connectivity index (χ4v) is 5.39. The van der Waals surface area contributed by atoms with Crippen molar-refractivity contribution in [3.8, 4) is 10.7 Å². The summed E-state index contributed by atoms with van der Waals surface area (Å²) in [7, 11) is 0. The molecule has 26 heavy (non-hydrogen) atoms. The van der Waals surface area contributed by atoms with Crippen LogP contribution in [0.2, 0.25) is 0 Å². The number of fused-ring (bicyclic) bond motifs is 2. The van der Waals surface area contributed by atoms with Crippen LogP contribution >= 0.6 is 11.3 Å². The number of hydrogen-bond donors (Lipinski definition) is 1. The maximum absolute atomic E-state index is 9.17. The van der Waals surface area contributed by atoms with Crippen LogP contribution < -0.4 is 0 Å². The summed E-state index contributed by atoms with van der Waals surface area (Å²) in [6.45, 7) is 2.93. The standard InChI is InChI=1S/C20H23N3O2S/c24-8-5-17-12-22-11-15(10-16(22)13-25-17)23-7-6-21-20(23)19-9-14-3-1-2-4-18(14)26-19/h1-4,6-7,9,15-17,24H,5,8,10-13H2/t15-,16+,17+/m1/s1. The molecule has 3 atom stereocenters. The number of nitrogens with zero attached hydrogens (tertiary/aromatic N) is 3. The first-order valence-electron chi connectivity index (χ1n) is 9.30. The molecule has 6 heteroatoms. The summed E-state index contributed by atoms with van der Waals surface area (Å²) in [5.41, 5.74) is 0. The van der Waals surface area contributed by atoms with Gasteiger partial charge >= 0.3 is 0 Å². The predicted octanol–water partition coefficient (Wildman–Crippen LogP) is 3.16. The molecule has 0 bridgehead atoms. The van der Waals surface area contributed by atoms with Crippen molar-refractivity contribution in [2.75, 3.05) is 26.3 Å². The minimum atomic E-state index is 0.167. The van der Waals surface area contributed by atoms with E-state index in [4.69, 9.17) is 4.74 Å². The Kier molecular flexibility index (Phi) is 4.29. The Balaban J connectivity index is 1.40. The van der Waals surface area contributed by atoms with Crippen molar-refractivity contribution in [1.29, 1.82) is 0 Å². The van der Waals surface area contributed by atoms with Crippen molar-refractivity contribution in [3.63, 3.8) is 0 Å². The number of rotatable bonds is 4. The second-order valence-electron chi connectivity index (χ2n) is 7.27. The molecule has 2 fully saturated rings. The van der Waals surface area contributed by atoms with Crippen LogP contribution in [0.5, 0.6) is 0 Å². The molecule has 5 nitrogen and oxygen atoms in total. The van der Waals surface area contributed by atoms with Gasteiger partial charge in [-0.1, -0.05) is 18.2 Å². The molecule has 0 spiro atoms. The molecular formula is C20H23N3O2S. The molecule has 5 rings (SSSR count). The molecule has 2 aliphatic rings. The third kappa shape index (κ3) is 2.87. The van der Waals surface area contributed by atoms with Gasteiger partial charge in [0, 0.05) is 48.9 Å². The average Bonchev–Trinajstić information content (AvgIpc) is 3.37. The van der Waals surface area contributed by atoms with E-state index in [9.17, 15) is 5.11 Å². The lowest BCUT2D eigenvalue weighted by atomic mass is 10.1. The van der Waals surface area contributed by atoms with Gasteiger partial charge in [-0.15, -0.1) is 11.3 Å². The molecule has 1 N–H and O–H groups in total. The van der Waals surface area contributed by atoms with Gasteiger partial charge in [-0.25, -0.2) is 4.98 Å². The molecule has 3 aromatic rings. The zero-order valence-electron chi connectivity index (χ0n) is 14.6. The summed E-state index contributed by atoms with van der Waals surface area (Å²) in [4.78, 5) is 8.44. The third-order valence-electron chi connectivity index (χ3n) is 5.63. The third-order valence-corrected chi connectivity index (χ3v) is 6.74. The number of hydrogen-bond acceptors (Lipinski definition) is 5. The first-order valence-corrected chi connectivity index (χ1v) is 10.1. The molecule has 2 aliphatic heterocycles. The fourth-order valence-electron chi connectivity index (χ4n) is 4.33. The van der Waals surface area contributed by atoms with E-state index in [1.54, 1.807) is 0 Å². The molecule has 0 amide bonds. The van der Waals surface area contributed by atoms with Crippen LogP contribution in [-0.2, 0) is 4.74 Å². The van der Waals surface area contributed by atoms with Crippen LogP contribution in [0.25, 0.3) is 20.8 Å². The SMILES string of the molecule is OCC[C@H]1CN2C[C@H](n3ccnc3-c3cc4ccccc4s3)C[C@H]2CO1. The zero-order chi connectivity index (χ0) is 17.5. The lowest BCUT2D eigenvalue weighted by Gasteiger charge is -2.34. The fraction of sp³-hybridized carbons (Fsp3) is 0.450. The van der Waals surface area contributed by atoms with Gasteiger partial charge in [-0.2, -0.15) is 0 Å². The Bertz CT molecular complexity index is 872. The Morgan fingerprint density at radius 1 is 1.23 bits per heavy atom. The molecule has 0 saturated carbocycles. The van der Waals surface area contributed by atoms with Crippen LogP contribution in [0.3, 0.4) is 0 Å². The quantitative estimate of drug-likeness (QED) is 0.768. The summed E-state index contributed by atoms with van der Waals surface area (Å²) in [5, 5.41) is 10.5. The number of thiophene rings is 1. The zero-order valence-corrected chi connectivity index (χ0v) is 15.4. The Morgan fingerprint density at radius 2 is 2.15 bits per heavy atom. The van der Waals surface area contributed by atoms with E-state index in [0.29, 0.717) is 12.1 Å². The van der Waals surface area contributed by atoms with Crippen LogP contribution in [0.4, 0.5) is 0 Å². The summed E-state index contributed by atoms with van der Waals surface area (Å²) in [5.74, 6) is 1.07. The first kappa shape index (κ1) is 16.4. The van der Waals surface area contributed by atoms with E-state index >= 15 is 0 Å². The van der Waals surface area contributed by atoms with Gasteiger partial charge in [0.2, 0.25) is 0 Å². The van der Waals surface area contributed by atoms with Crippen molar-refractivity contribution in [2.45, 2.75) is 31.0 Å². The monoisotopic (exact) mass is 369 g/mol. The number of aliphatic hydroxyl groups is 1. The van der Waals surface area contributed by atoms with Crippen molar-refractivity contribution < 1.29 is 9.84 Å². The van der Waals surface area contributed by atoms with E-state index in [1.807, 2.05) is 17.5 Å². The Morgan fingerprint density at radius 3 is 3.04 bits per heavy atom. The van der Waals surface area contributed by atoms with Crippen molar-refractivity contribution in [2.24, 2.45) is 0 Å². The summed E-state index contributed by atoms with van der Waals surface area (Å²) < 4.78 is 9.59. The average molecular weight is 369 g/mol. The van der Waals surface area contributed by atoms with Gasteiger partial charge in [0.1, 0.15) is 5.82 Å². The van der Waals surface area contributed by atoms with Crippen LogP contribution in [0, 0.1) is 0 Å². The van der Waals surface area contributed by atoms with Crippen LogP contribution in [0.1, 0.15) is 18.9 Å². The largest absolute Gasteiger partial charge is 0.396 e. The maximum atomic E-state index is 9.17. The normalized spacial score (nSPS) is 26.4. The summed E-state index contributed by atoms with van der Waals surface area (Å²) in [6, 6.07) is 11.7. The second kappa shape index (κ2) is 6.78. The number of aromatic nitrogens is 2. The van der Waals surface area contributed by atoms with E-state index in [-0.39, 0.29) is 12.7 Å². The van der Waals surface area contributed by atoms with Gasteiger partial charge < -0.3 is 14.4 Å². The Labute approximate surface area is 156 Å². The van der Waals surface area contributed by atoms with E-state index in [0.717, 1.165) is 38.4 Å². The topological polar surface area (TPSA) is 50.5 Å². The molecule has 2 saturated heterocycles. The number of aliphatic hydroxyl groups excluding tert-OH is 1. The van der Waals surface area contributed by atoms with Gasteiger partial charge in [-0.05, 0) is 30.4 Å². The molecule has 0 unspecified atom stereocenters. The molecule has 1 aromatic carbocycles. The summed E-state index contributed by atoms with van der Waals surface area (Å²) >= 11 is 1.81. The molecule has 0 radical (unpaired) electrons. The van der Waals surface area contributed by atoms with Gasteiger partial charge in [0.15, 0.2) is 0 Å². The molecule has 4 heterocycles. The van der Waals surface area contributed by atoms with E-state index in [1.165, 1.54) is 15.0 Å². The van der Waals surface area contributed by atoms with E-state index < -0.39 is 0 Å². The second-order valence-corrected chi connectivity index (χ2v) is 8.36. The number of imidazole rings is 1. The highest BCUT2D eigenvalue weighted by Gasteiger charge is 2.38. The molecule has 136 valence electrons. The number of ether oxygens (including phenoxy) is 1. The molecular weight excluding hydrogens is 346 g/mol. The number of benzene rings is 1. The lowest BCUT2D eigenvalue weighted by molar-refractivity contribution is -0.0567. The van der Waals surface area contributed by atoms with Crippen LogP contribution in [-0.4, -0.2) is 58.0 Å². The van der Waals surface area contributed by atoms with Gasteiger partial charge in [-0.3, -0.25) is 4.90 Å². The van der Waals surface area contributed by atoms with E-state index in [2.05, 4.69) is 51.0 Å². The predicted molar refractivity (Wildman–Crippen MR) is 104 cm³/mol. The smallest absolute Gasteiger partial charge is 0.150 e. The number of morpholine rings is 1. The van der Waals surface area contributed by atoms with Gasteiger partial charge in [0.05, 0.1) is 17.6 Å². The summed E-state index contributed by atoms with van der Waals surface area (Å²) in [6.07, 6.45) is 6.03. The van der Waals surface area contributed by atoms with Crippen LogP contribution in [0.15, 0.2) is 42.7 Å².